The first kappa shape index (κ1) is 14.7. The van der Waals surface area contributed by atoms with E-state index in [0.29, 0.717) is 22.6 Å². The summed E-state index contributed by atoms with van der Waals surface area (Å²) in [5.41, 5.74) is 3.21. The minimum absolute atomic E-state index is 0.277. The lowest BCUT2D eigenvalue weighted by molar-refractivity contribution is 0.0698. The van der Waals surface area contributed by atoms with E-state index in [1.165, 1.54) is 0 Å². The molecule has 1 aromatic carbocycles. The number of ether oxygens (including phenoxy) is 1. The summed E-state index contributed by atoms with van der Waals surface area (Å²) in [6.45, 7) is 1.80. The fourth-order valence-electron chi connectivity index (χ4n) is 2.98. The van der Waals surface area contributed by atoms with Crippen LogP contribution in [-0.4, -0.2) is 33.0 Å². The minimum Gasteiger partial charge on any atom is -0.497 e. The Bertz CT molecular complexity index is 940. The molecular weight excluding hydrogens is 306 g/mol. The van der Waals surface area contributed by atoms with Gasteiger partial charge < -0.3 is 9.84 Å². The zero-order chi connectivity index (χ0) is 16.8. The number of hydrogen-bond donors (Lipinski definition) is 1. The number of carbonyl (C=O) groups is 1. The van der Waals surface area contributed by atoms with E-state index < -0.39 is 5.97 Å². The van der Waals surface area contributed by atoms with Crippen LogP contribution in [-0.2, 0) is 0 Å². The Kier molecular flexibility index (Phi) is 3.26. The van der Waals surface area contributed by atoms with Crippen LogP contribution in [0, 0.1) is 6.92 Å². The predicted molar refractivity (Wildman–Crippen MR) is 89.1 cm³/mol. The average molecular weight is 323 g/mol. The molecule has 0 aliphatic heterocycles. The summed E-state index contributed by atoms with van der Waals surface area (Å²) in [6.07, 6.45) is 2.09. The normalized spacial score (nSPS) is 14.1. The van der Waals surface area contributed by atoms with Crippen molar-refractivity contribution in [3.8, 4) is 11.4 Å². The number of aromatic carboxylic acids is 1. The summed E-state index contributed by atoms with van der Waals surface area (Å²) in [7, 11) is 1.62. The van der Waals surface area contributed by atoms with Crippen molar-refractivity contribution in [3.05, 3.63) is 47.3 Å². The van der Waals surface area contributed by atoms with Crippen LogP contribution >= 0.6 is 0 Å². The highest BCUT2D eigenvalue weighted by Gasteiger charge is 2.32. The highest BCUT2D eigenvalue weighted by Crippen LogP contribution is 2.43. The molecule has 122 valence electrons. The van der Waals surface area contributed by atoms with Gasteiger partial charge in [-0.2, -0.15) is 5.10 Å². The van der Waals surface area contributed by atoms with Gasteiger partial charge in [0.15, 0.2) is 5.65 Å². The zero-order valence-corrected chi connectivity index (χ0v) is 13.5. The molecule has 0 spiro atoms. The topological polar surface area (TPSA) is 77.2 Å². The average Bonchev–Trinajstić information content (AvgIpc) is 3.35. The number of carboxylic acid groups (broad SMARTS) is 1. The molecule has 1 saturated carbocycles. The molecule has 1 N–H and O–H groups in total. The highest BCUT2D eigenvalue weighted by molar-refractivity contribution is 6.03. The third kappa shape index (κ3) is 2.31. The van der Waals surface area contributed by atoms with Gasteiger partial charge in [-0.1, -0.05) is 0 Å². The third-order valence-corrected chi connectivity index (χ3v) is 4.30. The number of carboxylic acids is 1. The quantitative estimate of drug-likeness (QED) is 0.797. The van der Waals surface area contributed by atoms with Crippen LogP contribution in [0.15, 0.2) is 30.3 Å². The molecule has 6 nitrogen and oxygen atoms in total. The van der Waals surface area contributed by atoms with E-state index in [-0.39, 0.29) is 5.56 Å². The summed E-state index contributed by atoms with van der Waals surface area (Å²) in [5.74, 6) is 0.143. The van der Waals surface area contributed by atoms with Crippen molar-refractivity contribution in [1.29, 1.82) is 0 Å². The van der Waals surface area contributed by atoms with Crippen molar-refractivity contribution in [3.63, 3.8) is 0 Å². The van der Waals surface area contributed by atoms with Crippen molar-refractivity contribution >= 4 is 17.0 Å². The van der Waals surface area contributed by atoms with E-state index in [1.54, 1.807) is 24.8 Å². The molecule has 0 radical (unpaired) electrons. The molecule has 6 heteroatoms. The van der Waals surface area contributed by atoms with Gasteiger partial charge in [0.25, 0.3) is 0 Å². The summed E-state index contributed by atoms with van der Waals surface area (Å²) in [5, 5.41) is 15.0. The molecule has 1 aliphatic rings. The lowest BCUT2D eigenvalue weighted by Gasteiger charge is -2.06. The van der Waals surface area contributed by atoms with Gasteiger partial charge in [-0.25, -0.2) is 14.5 Å². The number of methoxy groups -OCH3 is 1. The maximum absolute atomic E-state index is 11.7. The molecule has 2 heterocycles. The van der Waals surface area contributed by atoms with E-state index in [0.717, 1.165) is 30.0 Å². The van der Waals surface area contributed by atoms with Crippen LogP contribution in [0.25, 0.3) is 16.7 Å². The Morgan fingerprint density at radius 3 is 2.58 bits per heavy atom. The van der Waals surface area contributed by atoms with Crippen LogP contribution in [0.5, 0.6) is 5.75 Å². The smallest absolute Gasteiger partial charge is 0.336 e. The van der Waals surface area contributed by atoms with Gasteiger partial charge in [-0.05, 0) is 50.1 Å². The van der Waals surface area contributed by atoms with E-state index in [9.17, 15) is 9.90 Å². The maximum atomic E-state index is 11.7. The summed E-state index contributed by atoms with van der Waals surface area (Å²) >= 11 is 0. The first-order chi connectivity index (χ1) is 11.6. The number of fused-ring (bicyclic) bond motifs is 1. The van der Waals surface area contributed by atoms with Gasteiger partial charge in [0.2, 0.25) is 0 Å². The standard InChI is InChI=1S/C18H17N3O3/c1-10-9-14(18(22)23)15-16(11-3-4-11)20-21(17(15)19-10)12-5-7-13(24-2)8-6-12/h5-9,11H,3-4H2,1-2H3,(H,22,23). The maximum Gasteiger partial charge on any atom is 0.336 e. The number of aromatic nitrogens is 3. The second-order valence-corrected chi connectivity index (χ2v) is 6.08. The Morgan fingerprint density at radius 1 is 1.29 bits per heavy atom. The van der Waals surface area contributed by atoms with Crippen molar-refractivity contribution in [2.24, 2.45) is 0 Å². The molecule has 0 unspecified atom stereocenters. The molecule has 0 amide bonds. The van der Waals surface area contributed by atoms with Crippen LogP contribution in [0.1, 0.15) is 40.5 Å². The number of aryl methyl sites for hydroxylation is 1. The summed E-state index contributed by atoms with van der Waals surface area (Å²) < 4.78 is 6.93. The predicted octanol–water partition coefficient (Wildman–Crippen LogP) is 3.31. The lowest BCUT2D eigenvalue weighted by Crippen LogP contribution is -2.02. The molecule has 0 saturated heterocycles. The first-order valence-electron chi connectivity index (χ1n) is 7.86. The van der Waals surface area contributed by atoms with E-state index in [1.807, 2.05) is 24.3 Å². The number of rotatable bonds is 4. The fourth-order valence-corrected chi connectivity index (χ4v) is 2.98. The van der Waals surface area contributed by atoms with Crippen molar-refractivity contribution in [2.45, 2.75) is 25.7 Å². The van der Waals surface area contributed by atoms with E-state index >= 15 is 0 Å². The molecule has 2 aromatic heterocycles. The van der Waals surface area contributed by atoms with Gasteiger partial charge in [0.1, 0.15) is 5.75 Å². The largest absolute Gasteiger partial charge is 0.497 e. The Hall–Kier alpha value is -2.89. The zero-order valence-electron chi connectivity index (χ0n) is 13.5. The summed E-state index contributed by atoms with van der Waals surface area (Å²) in [4.78, 5) is 16.3. The molecule has 3 aromatic rings. The number of nitrogens with zero attached hydrogens (tertiary/aromatic N) is 3. The van der Waals surface area contributed by atoms with Crippen LogP contribution < -0.4 is 4.74 Å². The molecule has 1 fully saturated rings. The fraction of sp³-hybridized carbons (Fsp3) is 0.278. The Balaban J connectivity index is 2.00. The van der Waals surface area contributed by atoms with E-state index in [4.69, 9.17) is 9.84 Å². The van der Waals surface area contributed by atoms with Crippen molar-refractivity contribution in [2.75, 3.05) is 7.11 Å². The first-order valence-corrected chi connectivity index (χ1v) is 7.86. The molecule has 0 bridgehead atoms. The van der Waals surface area contributed by atoms with Crippen LogP contribution in [0.2, 0.25) is 0 Å². The number of hydrogen-bond acceptors (Lipinski definition) is 4. The van der Waals surface area contributed by atoms with Crippen LogP contribution in [0.4, 0.5) is 0 Å². The van der Waals surface area contributed by atoms with Gasteiger partial charge in [-0.15, -0.1) is 0 Å². The lowest BCUT2D eigenvalue weighted by atomic mass is 10.1. The molecule has 4 rings (SSSR count). The Morgan fingerprint density at radius 2 is 2.00 bits per heavy atom. The second-order valence-electron chi connectivity index (χ2n) is 6.08. The van der Waals surface area contributed by atoms with Gasteiger partial charge in [0.05, 0.1) is 29.4 Å². The van der Waals surface area contributed by atoms with Gasteiger partial charge in [0, 0.05) is 11.6 Å². The third-order valence-electron chi connectivity index (χ3n) is 4.30. The Labute approximate surface area is 138 Å². The number of benzene rings is 1. The van der Waals surface area contributed by atoms with E-state index in [2.05, 4.69) is 4.98 Å². The second kappa shape index (κ2) is 5.33. The highest BCUT2D eigenvalue weighted by atomic mass is 16.5. The number of pyridine rings is 1. The van der Waals surface area contributed by atoms with Gasteiger partial charge >= 0.3 is 5.97 Å². The van der Waals surface area contributed by atoms with Crippen molar-refractivity contribution < 1.29 is 14.6 Å². The molecular formula is C18H17N3O3. The SMILES string of the molecule is COc1ccc(-n2nc(C3CC3)c3c(C(=O)O)cc(C)nc32)cc1. The molecule has 24 heavy (non-hydrogen) atoms. The van der Waals surface area contributed by atoms with Crippen LogP contribution in [0.3, 0.4) is 0 Å². The van der Waals surface area contributed by atoms with Gasteiger partial charge in [-0.3, -0.25) is 0 Å². The monoisotopic (exact) mass is 323 g/mol. The van der Waals surface area contributed by atoms with Crippen molar-refractivity contribution in [1.82, 2.24) is 14.8 Å². The minimum atomic E-state index is -0.943. The molecule has 1 aliphatic carbocycles. The molecule has 0 atom stereocenters. The summed E-state index contributed by atoms with van der Waals surface area (Å²) in [6, 6.07) is 9.12.